The van der Waals surface area contributed by atoms with Crippen LogP contribution in [0.25, 0.3) is 5.82 Å². The minimum atomic E-state index is -0.269. The molecule has 6 nitrogen and oxygen atoms in total. The van der Waals surface area contributed by atoms with Gasteiger partial charge in [0.1, 0.15) is 17.4 Å². The van der Waals surface area contributed by atoms with Crippen molar-refractivity contribution >= 4 is 17.5 Å². The van der Waals surface area contributed by atoms with Crippen molar-refractivity contribution in [1.82, 2.24) is 19.9 Å². The van der Waals surface area contributed by atoms with E-state index in [1.54, 1.807) is 12.4 Å². The van der Waals surface area contributed by atoms with Crippen molar-refractivity contribution in [3.05, 3.63) is 70.9 Å². The number of imidazole rings is 1. The molecule has 0 atom stereocenters. The first-order valence-corrected chi connectivity index (χ1v) is 7.64. The van der Waals surface area contributed by atoms with Crippen molar-refractivity contribution in [3.8, 4) is 11.6 Å². The van der Waals surface area contributed by atoms with Gasteiger partial charge in [-0.05, 0) is 42.8 Å². The Morgan fingerprint density at radius 2 is 2.08 bits per heavy atom. The van der Waals surface area contributed by atoms with Gasteiger partial charge in [0, 0.05) is 30.7 Å². The van der Waals surface area contributed by atoms with Crippen molar-refractivity contribution in [3.63, 3.8) is 0 Å². The molecule has 2 heterocycles. The fourth-order valence-corrected chi connectivity index (χ4v) is 2.44. The predicted molar refractivity (Wildman–Crippen MR) is 90.4 cm³/mol. The summed E-state index contributed by atoms with van der Waals surface area (Å²) in [5.41, 5.74) is 1.30. The molecule has 0 bridgehead atoms. The third kappa shape index (κ3) is 3.38. The van der Waals surface area contributed by atoms with Crippen LogP contribution >= 0.6 is 11.6 Å². The van der Waals surface area contributed by atoms with Crippen LogP contribution in [0.1, 0.15) is 21.7 Å². The Balaban J connectivity index is 1.71. The summed E-state index contributed by atoms with van der Waals surface area (Å²) in [5, 5.41) is 12.4. The number of benzene rings is 1. The molecule has 3 aromatic rings. The molecule has 0 aliphatic rings. The molecule has 122 valence electrons. The molecule has 0 radical (unpaired) electrons. The minimum Gasteiger partial charge on any atom is -0.506 e. The van der Waals surface area contributed by atoms with Crippen molar-refractivity contribution in [2.75, 3.05) is 0 Å². The number of phenolic OH excluding ortho intramolecular Hbond substituents is 1. The van der Waals surface area contributed by atoms with Crippen LogP contribution in [0.4, 0.5) is 0 Å². The Hall–Kier alpha value is -2.86. The van der Waals surface area contributed by atoms with E-state index in [4.69, 9.17) is 11.6 Å². The molecule has 24 heavy (non-hydrogen) atoms. The minimum absolute atomic E-state index is 0.0531. The van der Waals surface area contributed by atoms with Crippen molar-refractivity contribution in [1.29, 1.82) is 0 Å². The van der Waals surface area contributed by atoms with E-state index >= 15 is 0 Å². The Bertz CT molecular complexity index is 892. The van der Waals surface area contributed by atoms with Gasteiger partial charge in [-0.25, -0.2) is 9.97 Å². The number of aromatic hydroxyl groups is 1. The number of hydrogen-bond acceptors (Lipinski definition) is 4. The Morgan fingerprint density at radius 3 is 2.79 bits per heavy atom. The molecule has 2 N–H and O–H groups in total. The number of amides is 1. The second kappa shape index (κ2) is 6.72. The number of carbonyl (C=O) groups is 1. The highest BCUT2D eigenvalue weighted by atomic mass is 35.5. The molecule has 2 aromatic heterocycles. The van der Waals surface area contributed by atoms with Crippen LogP contribution in [-0.4, -0.2) is 25.5 Å². The maximum atomic E-state index is 12.2. The number of hydrogen-bond donors (Lipinski definition) is 2. The standard InChI is InChI=1S/C17H15ClN4O2/c1-11-19-6-7-22(11)16-8-12(4-5-20-16)10-21-17(24)13-2-3-15(23)14(18)9-13/h2-9,23H,10H2,1H3,(H,21,24). The summed E-state index contributed by atoms with van der Waals surface area (Å²) in [6.07, 6.45) is 5.23. The normalized spacial score (nSPS) is 10.6. The lowest BCUT2D eigenvalue weighted by Crippen LogP contribution is -2.22. The highest BCUT2D eigenvalue weighted by Gasteiger charge is 2.09. The van der Waals surface area contributed by atoms with E-state index in [9.17, 15) is 9.90 Å². The average molecular weight is 343 g/mol. The van der Waals surface area contributed by atoms with E-state index in [-0.39, 0.29) is 16.7 Å². The van der Waals surface area contributed by atoms with Crippen molar-refractivity contribution in [2.45, 2.75) is 13.5 Å². The summed E-state index contributed by atoms with van der Waals surface area (Å²) in [5.74, 6) is 1.25. The average Bonchev–Trinajstić information content (AvgIpc) is 3.01. The van der Waals surface area contributed by atoms with Gasteiger partial charge in [0.25, 0.3) is 5.91 Å². The third-order valence-electron chi connectivity index (χ3n) is 3.55. The molecule has 0 aliphatic carbocycles. The Labute approximate surface area is 143 Å². The zero-order chi connectivity index (χ0) is 17.1. The zero-order valence-electron chi connectivity index (χ0n) is 12.9. The van der Waals surface area contributed by atoms with Gasteiger partial charge in [-0.2, -0.15) is 0 Å². The van der Waals surface area contributed by atoms with Crippen LogP contribution in [0.5, 0.6) is 5.75 Å². The largest absolute Gasteiger partial charge is 0.506 e. The molecule has 0 fully saturated rings. The van der Waals surface area contributed by atoms with Gasteiger partial charge in [-0.3, -0.25) is 9.36 Å². The van der Waals surface area contributed by atoms with Gasteiger partial charge in [0.15, 0.2) is 0 Å². The van der Waals surface area contributed by atoms with Crippen LogP contribution < -0.4 is 5.32 Å². The second-order valence-electron chi connectivity index (χ2n) is 5.22. The Morgan fingerprint density at radius 1 is 1.25 bits per heavy atom. The van der Waals surface area contributed by atoms with Crippen LogP contribution in [0, 0.1) is 6.92 Å². The highest BCUT2D eigenvalue weighted by molar-refractivity contribution is 6.32. The van der Waals surface area contributed by atoms with E-state index in [0.29, 0.717) is 12.1 Å². The topological polar surface area (TPSA) is 80.0 Å². The van der Waals surface area contributed by atoms with Gasteiger partial charge in [0.05, 0.1) is 5.02 Å². The molecule has 0 saturated heterocycles. The number of carbonyl (C=O) groups excluding carboxylic acids is 1. The number of aromatic nitrogens is 3. The first-order valence-electron chi connectivity index (χ1n) is 7.26. The summed E-state index contributed by atoms with van der Waals surface area (Å²) >= 11 is 5.82. The molecule has 0 saturated carbocycles. The van der Waals surface area contributed by atoms with E-state index in [2.05, 4.69) is 15.3 Å². The van der Waals surface area contributed by atoms with Crippen molar-refractivity contribution < 1.29 is 9.90 Å². The fourth-order valence-electron chi connectivity index (χ4n) is 2.25. The predicted octanol–water partition coefficient (Wildman–Crippen LogP) is 2.86. The van der Waals surface area contributed by atoms with E-state index in [0.717, 1.165) is 17.2 Å². The summed E-state index contributed by atoms with van der Waals surface area (Å²) in [4.78, 5) is 20.7. The molecule has 0 unspecified atom stereocenters. The molecular weight excluding hydrogens is 328 g/mol. The van der Waals surface area contributed by atoms with Crippen LogP contribution in [0.15, 0.2) is 48.9 Å². The molecule has 1 aromatic carbocycles. The smallest absolute Gasteiger partial charge is 0.251 e. The monoisotopic (exact) mass is 342 g/mol. The van der Waals surface area contributed by atoms with Crippen molar-refractivity contribution in [2.24, 2.45) is 0 Å². The molecular formula is C17H15ClN4O2. The molecule has 7 heteroatoms. The van der Waals surface area contributed by atoms with Gasteiger partial charge in [-0.15, -0.1) is 0 Å². The first kappa shape index (κ1) is 16.0. The van der Waals surface area contributed by atoms with Gasteiger partial charge >= 0.3 is 0 Å². The first-order chi connectivity index (χ1) is 11.5. The van der Waals surface area contributed by atoms with E-state index < -0.39 is 0 Å². The summed E-state index contributed by atoms with van der Waals surface area (Å²) in [6.45, 7) is 2.24. The van der Waals surface area contributed by atoms with E-state index in [1.807, 2.05) is 29.8 Å². The highest BCUT2D eigenvalue weighted by Crippen LogP contribution is 2.23. The molecule has 1 amide bonds. The lowest BCUT2D eigenvalue weighted by molar-refractivity contribution is 0.0951. The number of rotatable bonds is 4. The molecule has 3 rings (SSSR count). The van der Waals surface area contributed by atoms with Gasteiger partial charge in [-0.1, -0.05) is 11.6 Å². The quantitative estimate of drug-likeness (QED) is 0.764. The summed E-state index contributed by atoms with van der Waals surface area (Å²) in [6, 6.07) is 8.06. The van der Waals surface area contributed by atoms with Crippen LogP contribution in [-0.2, 0) is 6.54 Å². The lowest BCUT2D eigenvalue weighted by atomic mass is 10.2. The van der Waals surface area contributed by atoms with Crippen LogP contribution in [0.3, 0.4) is 0 Å². The number of nitrogens with one attached hydrogen (secondary N) is 1. The number of aryl methyl sites for hydroxylation is 1. The lowest BCUT2D eigenvalue weighted by Gasteiger charge is -2.09. The van der Waals surface area contributed by atoms with Crippen LogP contribution in [0.2, 0.25) is 5.02 Å². The Kier molecular flexibility index (Phi) is 4.48. The molecule has 0 aliphatic heterocycles. The van der Waals surface area contributed by atoms with Gasteiger partial charge in [0.2, 0.25) is 0 Å². The third-order valence-corrected chi connectivity index (χ3v) is 3.85. The molecule has 0 spiro atoms. The second-order valence-corrected chi connectivity index (χ2v) is 5.62. The van der Waals surface area contributed by atoms with Gasteiger partial charge < -0.3 is 10.4 Å². The summed E-state index contributed by atoms with van der Waals surface area (Å²) < 4.78 is 1.87. The number of halogens is 1. The summed E-state index contributed by atoms with van der Waals surface area (Å²) in [7, 11) is 0. The maximum absolute atomic E-state index is 12.2. The fraction of sp³-hybridized carbons (Fsp3) is 0.118. The number of pyridine rings is 1. The number of phenols is 1. The maximum Gasteiger partial charge on any atom is 0.251 e. The SMILES string of the molecule is Cc1nccn1-c1cc(CNC(=O)c2ccc(O)c(Cl)c2)ccn1. The van der Waals surface area contributed by atoms with E-state index in [1.165, 1.54) is 18.2 Å². The number of nitrogens with zero attached hydrogens (tertiary/aromatic N) is 3. The zero-order valence-corrected chi connectivity index (χ0v) is 13.7.